The van der Waals surface area contributed by atoms with Crippen molar-refractivity contribution in [3.8, 4) is 0 Å². The molecular weight excluding hydrogens is 410 g/mol. The van der Waals surface area contributed by atoms with Crippen molar-refractivity contribution in [1.82, 2.24) is 10.2 Å². The normalized spacial score (nSPS) is 23.1. The lowest BCUT2D eigenvalue weighted by atomic mass is 9.95. The number of piperidine rings is 2. The molecule has 0 radical (unpaired) electrons. The number of anilines is 1. The summed E-state index contributed by atoms with van der Waals surface area (Å²) in [6.07, 6.45) is 4.25. The first-order chi connectivity index (χ1) is 13.0. The molecule has 2 heterocycles. The zero-order valence-corrected chi connectivity index (χ0v) is 16.8. The maximum absolute atomic E-state index is 12.9. The van der Waals surface area contributed by atoms with Crippen molar-refractivity contribution in [2.45, 2.75) is 31.7 Å². The van der Waals surface area contributed by atoms with Crippen molar-refractivity contribution >= 4 is 39.3 Å². The number of amides is 3. The topological polar surface area (TPSA) is 69.7 Å². The second kappa shape index (κ2) is 8.69. The van der Waals surface area contributed by atoms with Crippen LogP contribution >= 0.6 is 15.9 Å². The molecule has 27 heavy (non-hydrogen) atoms. The van der Waals surface area contributed by atoms with Gasteiger partial charge in [-0.15, -0.1) is 0 Å². The first kappa shape index (κ1) is 19.6. The van der Waals surface area contributed by atoms with Crippen LogP contribution in [-0.2, 0) is 14.4 Å². The van der Waals surface area contributed by atoms with E-state index < -0.39 is 6.04 Å². The number of nitrogens with one attached hydrogen (secondary N) is 1. The largest absolute Gasteiger partial charge is 0.344 e. The summed E-state index contributed by atoms with van der Waals surface area (Å²) in [5, 5.41) is 2.92. The molecule has 0 aliphatic carbocycles. The average Bonchev–Trinajstić information content (AvgIpc) is 2.70. The summed E-state index contributed by atoms with van der Waals surface area (Å²) < 4.78 is 0.955. The van der Waals surface area contributed by atoms with E-state index in [2.05, 4.69) is 27.8 Å². The van der Waals surface area contributed by atoms with Gasteiger partial charge in [-0.1, -0.05) is 22.5 Å². The molecule has 2 fully saturated rings. The minimum atomic E-state index is -0.514. The summed E-state index contributed by atoms with van der Waals surface area (Å²) >= 11 is 3.40. The van der Waals surface area contributed by atoms with E-state index in [4.69, 9.17) is 0 Å². The minimum Gasteiger partial charge on any atom is -0.344 e. The molecule has 7 heteroatoms. The van der Waals surface area contributed by atoms with Crippen molar-refractivity contribution in [3.05, 3.63) is 41.4 Å². The number of carbonyl (C=O) groups excluding carboxylic acids is 3. The molecule has 1 aromatic rings. The number of hydrogen-bond donors (Lipinski definition) is 1. The van der Waals surface area contributed by atoms with Crippen molar-refractivity contribution in [1.29, 1.82) is 0 Å². The highest BCUT2D eigenvalue weighted by atomic mass is 79.9. The van der Waals surface area contributed by atoms with E-state index in [-0.39, 0.29) is 23.6 Å². The van der Waals surface area contributed by atoms with Gasteiger partial charge in [0.25, 0.3) is 0 Å². The van der Waals surface area contributed by atoms with Crippen LogP contribution in [0.5, 0.6) is 0 Å². The van der Waals surface area contributed by atoms with Crippen LogP contribution < -0.4 is 10.2 Å². The second-order valence-corrected chi connectivity index (χ2v) is 7.91. The standard InChI is InChI=1S/C20H24BrN3O3/c1-2-18(25)23-11-3-5-14(13-23)19(26)22-17-6-4-12-24(20(17)27)16-9-7-15(21)8-10-16/h2,7-10,14,17H,1,3-6,11-13H2,(H,22,26). The molecular formula is C20H24BrN3O3. The Balaban J connectivity index is 1.63. The number of halogens is 1. The van der Waals surface area contributed by atoms with Crippen LogP contribution in [0.3, 0.4) is 0 Å². The summed E-state index contributed by atoms with van der Waals surface area (Å²) in [5.41, 5.74) is 0.836. The fraction of sp³-hybridized carbons (Fsp3) is 0.450. The van der Waals surface area contributed by atoms with Gasteiger partial charge in [-0.2, -0.15) is 0 Å². The molecule has 1 aromatic carbocycles. The third-order valence-corrected chi connectivity index (χ3v) is 5.70. The highest BCUT2D eigenvalue weighted by Gasteiger charge is 2.34. The lowest BCUT2D eigenvalue weighted by Crippen LogP contribution is -2.55. The lowest BCUT2D eigenvalue weighted by Gasteiger charge is -2.35. The SMILES string of the molecule is C=CC(=O)N1CCCC(C(=O)NC2CCCN(c3ccc(Br)cc3)C2=O)C1. The highest BCUT2D eigenvalue weighted by molar-refractivity contribution is 9.10. The molecule has 2 aliphatic rings. The first-order valence-electron chi connectivity index (χ1n) is 9.28. The summed E-state index contributed by atoms with van der Waals surface area (Å²) in [6, 6.07) is 7.08. The van der Waals surface area contributed by atoms with E-state index in [0.29, 0.717) is 26.1 Å². The molecule has 2 saturated heterocycles. The summed E-state index contributed by atoms with van der Waals surface area (Å²) in [7, 11) is 0. The van der Waals surface area contributed by atoms with Gasteiger partial charge in [0.05, 0.1) is 5.92 Å². The van der Waals surface area contributed by atoms with E-state index in [1.165, 1.54) is 6.08 Å². The van der Waals surface area contributed by atoms with Gasteiger partial charge in [-0.05, 0) is 56.0 Å². The van der Waals surface area contributed by atoms with E-state index in [9.17, 15) is 14.4 Å². The van der Waals surface area contributed by atoms with Crippen LogP contribution in [0.4, 0.5) is 5.69 Å². The van der Waals surface area contributed by atoms with Crippen molar-refractivity contribution in [3.63, 3.8) is 0 Å². The van der Waals surface area contributed by atoms with Crippen LogP contribution in [-0.4, -0.2) is 48.3 Å². The van der Waals surface area contributed by atoms with Crippen LogP contribution in [0.15, 0.2) is 41.4 Å². The molecule has 3 rings (SSSR count). The molecule has 0 aromatic heterocycles. The van der Waals surface area contributed by atoms with Gasteiger partial charge in [-0.3, -0.25) is 14.4 Å². The van der Waals surface area contributed by atoms with E-state index in [1.54, 1.807) is 9.80 Å². The summed E-state index contributed by atoms with van der Waals surface area (Å²) in [4.78, 5) is 40.8. The number of carbonyl (C=O) groups is 3. The van der Waals surface area contributed by atoms with Gasteiger partial charge in [0.15, 0.2) is 0 Å². The Bertz CT molecular complexity index is 734. The molecule has 0 spiro atoms. The number of likely N-dealkylation sites (tertiary alicyclic amines) is 1. The Labute approximate surface area is 167 Å². The van der Waals surface area contributed by atoms with E-state index >= 15 is 0 Å². The molecule has 3 amide bonds. The van der Waals surface area contributed by atoms with Gasteiger partial charge < -0.3 is 15.1 Å². The molecule has 6 nitrogen and oxygen atoms in total. The van der Waals surface area contributed by atoms with Crippen LogP contribution in [0, 0.1) is 5.92 Å². The third kappa shape index (κ3) is 4.58. The van der Waals surface area contributed by atoms with Gasteiger partial charge in [-0.25, -0.2) is 0 Å². The lowest BCUT2D eigenvalue weighted by molar-refractivity contribution is -0.134. The molecule has 0 bridgehead atoms. The van der Waals surface area contributed by atoms with Gasteiger partial charge >= 0.3 is 0 Å². The maximum Gasteiger partial charge on any atom is 0.249 e. The number of nitrogens with zero attached hydrogens (tertiary/aromatic N) is 2. The number of hydrogen-bond acceptors (Lipinski definition) is 3. The molecule has 1 N–H and O–H groups in total. The predicted octanol–water partition coefficient (Wildman–Crippen LogP) is 2.49. The van der Waals surface area contributed by atoms with Crippen molar-refractivity contribution in [2.75, 3.05) is 24.5 Å². The number of rotatable bonds is 4. The molecule has 144 valence electrons. The zero-order valence-electron chi connectivity index (χ0n) is 15.2. The quantitative estimate of drug-likeness (QED) is 0.741. The maximum atomic E-state index is 12.9. The Morgan fingerprint density at radius 2 is 1.85 bits per heavy atom. The van der Waals surface area contributed by atoms with Crippen LogP contribution in [0.1, 0.15) is 25.7 Å². The van der Waals surface area contributed by atoms with Crippen molar-refractivity contribution in [2.24, 2.45) is 5.92 Å². The number of benzene rings is 1. The Kier molecular flexibility index (Phi) is 6.31. The molecule has 2 atom stereocenters. The molecule has 2 aliphatic heterocycles. The fourth-order valence-electron chi connectivity index (χ4n) is 3.70. The fourth-order valence-corrected chi connectivity index (χ4v) is 3.96. The summed E-state index contributed by atoms with van der Waals surface area (Å²) in [6.45, 7) is 5.19. The smallest absolute Gasteiger partial charge is 0.249 e. The second-order valence-electron chi connectivity index (χ2n) is 7.00. The van der Waals surface area contributed by atoms with E-state index in [1.807, 2.05) is 24.3 Å². The summed E-state index contributed by atoms with van der Waals surface area (Å²) in [5.74, 6) is -0.652. The van der Waals surface area contributed by atoms with E-state index in [0.717, 1.165) is 29.4 Å². The first-order valence-corrected chi connectivity index (χ1v) is 10.1. The molecule has 0 saturated carbocycles. The monoisotopic (exact) mass is 433 g/mol. The van der Waals surface area contributed by atoms with Crippen LogP contribution in [0.2, 0.25) is 0 Å². The third-order valence-electron chi connectivity index (χ3n) is 5.17. The van der Waals surface area contributed by atoms with Crippen LogP contribution in [0.25, 0.3) is 0 Å². The van der Waals surface area contributed by atoms with Gasteiger partial charge in [0, 0.05) is 29.8 Å². The average molecular weight is 434 g/mol. The zero-order chi connectivity index (χ0) is 19.4. The van der Waals surface area contributed by atoms with Crippen molar-refractivity contribution < 1.29 is 14.4 Å². The van der Waals surface area contributed by atoms with Gasteiger partial charge in [0.1, 0.15) is 6.04 Å². The predicted molar refractivity (Wildman–Crippen MR) is 107 cm³/mol. The highest BCUT2D eigenvalue weighted by Crippen LogP contribution is 2.24. The molecule has 2 unspecified atom stereocenters. The minimum absolute atomic E-state index is 0.0771. The van der Waals surface area contributed by atoms with Gasteiger partial charge in [0.2, 0.25) is 17.7 Å². The Morgan fingerprint density at radius 1 is 1.15 bits per heavy atom. The Hall–Kier alpha value is -2.15. The Morgan fingerprint density at radius 3 is 2.56 bits per heavy atom.